The molecule has 8 heteroatoms. The van der Waals surface area contributed by atoms with Crippen molar-refractivity contribution in [3.05, 3.63) is 53.6 Å². The average molecular weight is 393 g/mol. The monoisotopic (exact) mass is 393 g/mol. The summed E-state index contributed by atoms with van der Waals surface area (Å²) in [5.41, 5.74) is 1.26. The summed E-state index contributed by atoms with van der Waals surface area (Å²) in [6.45, 7) is 2.28. The highest BCUT2D eigenvalue weighted by atomic mass is 32.2. The smallest absolute Gasteiger partial charge is 0.338 e. The number of aryl methyl sites for hydroxylation is 1. The van der Waals surface area contributed by atoms with Gasteiger partial charge in [0.05, 0.1) is 12.7 Å². The van der Waals surface area contributed by atoms with Gasteiger partial charge in [-0.15, -0.1) is 0 Å². The van der Waals surface area contributed by atoms with Gasteiger partial charge in [0.1, 0.15) is 29.6 Å². The summed E-state index contributed by atoms with van der Waals surface area (Å²) in [7, 11) is -1.14. The van der Waals surface area contributed by atoms with Crippen molar-refractivity contribution in [2.75, 3.05) is 27.4 Å². The largest absolute Gasteiger partial charge is 0.495 e. The highest BCUT2D eigenvalue weighted by Gasteiger charge is 2.20. The van der Waals surface area contributed by atoms with Gasteiger partial charge in [-0.3, -0.25) is 0 Å². The molecule has 27 heavy (non-hydrogen) atoms. The lowest BCUT2D eigenvalue weighted by atomic mass is 10.2. The van der Waals surface area contributed by atoms with Crippen LogP contribution in [0, 0.1) is 0 Å². The summed E-state index contributed by atoms with van der Waals surface area (Å²) < 4.78 is 42.1. The van der Waals surface area contributed by atoms with E-state index in [1.807, 2.05) is 24.3 Å². The maximum Gasteiger partial charge on any atom is 0.338 e. The molecule has 0 aliphatic heterocycles. The molecule has 0 aliphatic carbocycles. The molecule has 0 saturated carbocycles. The molecule has 0 saturated heterocycles. The Morgan fingerprint density at radius 2 is 1.89 bits per heavy atom. The minimum atomic E-state index is -3.77. The SMILES string of the molecule is CCc1cccc(OCCOC(=O)c2ccc(OC)c(S(=O)(=O)NC)c2)c1. The maximum atomic E-state index is 12.2. The van der Waals surface area contributed by atoms with Gasteiger partial charge >= 0.3 is 5.97 Å². The predicted molar refractivity (Wildman–Crippen MR) is 101 cm³/mol. The van der Waals surface area contributed by atoms with Crippen LogP contribution in [0.1, 0.15) is 22.8 Å². The summed E-state index contributed by atoms with van der Waals surface area (Å²) >= 11 is 0. The number of sulfonamides is 1. The molecule has 0 aromatic heterocycles. The van der Waals surface area contributed by atoms with Crippen LogP contribution in [0.4, 0.5) is 0 Å². The fourth-order valence-electron chi connectivity index (χ4n) is 2.36. The van der Waals surface area contributed by atoms with Gasteiger partial charge in [-0.2, -0.15) is 0 Å². The number of hydrogen-bond donors (Lipinski definition) is 1. The van der Waals surface area contributed by atoms with Crippen molar-refractivity contribution < 1.29 is 27.4 Å². The van der Waals surface area contributed by atoms with E-state index in [1.165, 1.54) is 32.4 Å². The van der Waals surface area contributed by atoms with E-state index in [-0.39, 0.29) is 29.4 Å². The van der Waals surface area contributed by atoms with Crippen molar-refractivity contribution in [3.8, 4) is 11.5 Å². The van der Waals surface area contributed by atoms with Gasteiger partial charge in [0, 0.05) is 0 Å². The van der Waals surface area contributed by atoms with Gasteiger partial charge in [0.2, 0.25) is 10.0 Å². The number of nitrogens with one attached hydrogen (secondary N) is 1. The number of carbonyl (C=O) groups is 1. The van der Waals surface area contributed by atoms with E-state index in [1.54, 1.807) is 0 Å². The second-order valence-corrected chi connectivity index (χ2v) is 7.41. The Kier molecular flexibility index (Phi) is 7.20. The third-order valence-corrected chi connectivity index (χ3v) is 5.29. The van der Waals surface area contributed by atoms with Crippen LogP contribution < -0.4 is 14.2 Å². The van der Waals surface area contributed by atoms with E-state index in [0.29, 0.717) is 5.75 Å². The van der Waals surface area contributed by atoms with Crippen LogP contribution in [0.2, 0.25) is 0 Å². The summed E-state index contributed by atoms with van der Waals surface area (Å²) in [6, 6.07) is 11.8. The zero-order chi connectivity index (χ0) is 19.9. The summed E-state index contributed by atoms with van der Waals surface area (Å²) in [5.74, 6) is 0.202. The first-order valence-corrected chi connectivity index (χ1v) is 9.90. The third-order valence-electron chi connectivity index (χ3n) is 3.85. The minimum absolute atomic E-state index is 0.0370. The maximum absolute atomic E-state index is 12.2. The molecule has 0 unspecified atom stereocenters. The van der Waals surface area contributed by atoms with Crippen LogP contribution in [0.15, 0.2) is 47.4 Å². The van der Waals surface area contributed by atoms with Crippen LogP contribution in [0.25, 0.3) is 0 Å². The fraction of sp³-hybridized carbons (Fsp3) is 0.316. The Hall–Kier alpha value is -2.58. The molecule has 2 aromatic carbocycles. The molecule has 0 fully saturated rings. The van der Waals surface area contributed by atoms with E-state index < -0.39 is 16.0 Å². The van der Waals surface area contributed by atoms with E-state index in [9.17, 15) is 13.2 Å². The van der Waals surface area contributed by atoms with E-state index in [2.05, 4.69) is 11.6 Å². The molecular formula is C19H23NO6S. The first kappa shape index (κ1) is 20.7. The molecule has 0 heterocycles. The first-order chi connectivity index (χ1) is 12.9. The second-order valence-electron chi connectivity index (χ2n) is 5.56. The molecular weight excluding hydrogens is 370 g/mol. The van der Waals surface area contributed by atoms with Crippen LogP contribution >= 0.6 is 0 Å². The summed E-state index contributed by atoms with van der Waals surface area (Å²) in [4.78, 5) is 12.1. The highest BCUT2D eigenvalue weighted by Crippen LogP contribution is 2.25. The zero-order valence-corrected chi connectivity index (χ0v) is 16.3. The Morgan fingerprint density at radius 3 is 2.56 bits per heavy atom. The van der Waals surface area contributed by atoms with Crippen LogP contribution in [0.5, 0.6) is 11.5 Å². The van der Waals surface area contributed by atoms with Crippen LogP contribution in [-0.4, -0.2) is 41.8 Å². The number of methoxy groups -OCH3 is 1. The number of rotatable bonds is 9. The van der Waals surface area contributed by atoms with Gasteiger partial charge < -0.3 is 14.2 Å². The van der Waals surface area contributed by atoms with Gasteiger partial charge in [-0.25, -0.2) is 17.9 Å². The molecule has 2 rings (SSSR count). The van der Waals surface area contributed by atoms with Crippen molar-refractivity contribution in [1.29, 1.82) is 0 Å². The lowest BCUT2D eigenvalue weighted by Crippen LogP contribution is -2.20. The van der Waals surface area contributed by atoms with Gasteiger partial charge in [-0.05, 0) is 49.4 Å². The van der Waals surface area contributed by atoms with Crippen molar-refractivity contribution in [2.24, 2.45) is 0 Å². The van der Waals surface area contributed by atoms with Gasteiger partial charge in [0.25, 0.3) is 0 Å². The van der Waals surface area contributed by atoms with Crippen molar-refractivity contribution in [2.45, 2.75) is 18.2 Å². The highest BCUT2D eigenvalue weighted by molar-refractivity contribution is 7.89. The van der Waals surface area contributed by atoms with Gasteiger partial charge in [-0.1, -0.05) is 19.1 Å². The molecule has 0 aliphatic rings. The number of esters is 1. The Morgan fingerprint density at radius 1 is 1.11 bits per heavy atom. The fourth-order valence-corrected chi connectivity index (χ4v) is 3.27. The van der Waals surface area contributed by atoms with Crippen LogP contribution in [-0.2, 0) is 21.2 Å². The lowest BCUT2D eigenvalue weighted by molar-refractivity contribution is 0.0450. The summed E-state index contributed by atoms with van der Waals surface area (Å²) in [5, 5.41) is 0. The van der Waals surface area contributed by atoms with Crippen molar-refractivity contribution >= 4 is 16.0 Å². The first-order valence-electron chi connectivity index (χ1n) is 8.41. The molecule has 0 atom stereocenters. The van der Waals surface area contributed by atoms with Crippen molar-refractivity contribution in [1.82, 2.24) is 4.72 Å². The number of hydrogen-bond acceptors (Lipinski definition) is 6. The third kappa shape index (κ3) is 5.45. The lowest BCUT2D eigenvalue weighted by Gasteiger charge is -2.11. The molecule has 0 spiro atoms. The Balaban J connectivity index is 1.98. The van der Waals surface area contributed by atoms with E-state index >= 15 is 0 Å². The summed E-state index contributed by atoms with van der Waals surface area (Å²) in [6.07, 6.45) is 0.904. The van der Waals surface area contributed by atoms with Gasteiger partial charge in [0.15, 0.2) is 0 Å². The average Bonchev–Trinajstić information content (AvgIpc) is 2.70. The molecule has 146 valence electrons. The Labute approximate surface area is 159 Å². The number of carbonyl (C=O) groups excluding carboxylic acids is 1. The van der Waals surface area contributed by atoms with Crippen LogP contribution in [0.3, 0.4) is 0 Å². The Bertz CT molecular complexity index is 895. The molecule has 7 nitrogen and oxygen atoms in total. The van der Waals surface area contributed by atoms with Crippen molar-refractivity contribution in [3.63, 3.8) is 0 Å². The number of ether oxygens (including phenoxy) is 3. The molecule has 2 aromatic rings. The molecule has 0 bridgehead atoms. The molecule has 0 radical (unpaired) electrons. The molecule has 0 amide bonds. The predicted octanol–water partition coefficient (Wildman–Crippen LogP) is 2.40. The quantitative estimate of drug-likeness (QED) is 0.520. The van der Waals surface area contributed by atoms with E-state index in [0.717, 1.165) is 12.0 Å². The number of benzene rings is 2. The zero-order valence-electron chi connectivity index (χ0n) is 15.5. The minimum Gasteiger partial charge on any atom is -0.495 e. The second kappa shape index (κ2) is 9.38. The molecule has 1 N–H and O–H groups in total. The van der Waals surface area contributed by atoms with E-state index in [4.69, 9.17) is 14.2 Å². The normalized spacial score (nSPS) is 11.1. The topological polar surface area (TPSA) is 90.9 Å². The standard InChI is InChI=1S/C19H23NO6S/c1-4-14-6-5-7-16(12-14)25-10-11-26-19(21)15-8-9-17(24-3)18(13-15)27(22,23)20-2/h5-9,12-13,20H,4,10-11H2,1-3H3.